The lowest BCUT2D eigenvalue weighted by Gasteiger charge is -2.31. The molecular formula is C40H55N3O3. The third-order valence-electron chi connectivity index (χ3n) is 9.23. The van der Waals surface area contributed by atoms with Crippen molar-refractivity contribution in [1.29, 1.82) is 0 Å². The number of hydrazone groups is 1. The number of aliphatic carboxylic acids is 1. The van der Waals surface area contributed by atoms with E-state index in [1.54, 1.807) is 36.4 Å². The molecule has 2 heterocycles. The number of fused-ring (bicyclic) bond motifs is 1. The van der Waals surface area contributed by atoms with Gasteiger partial charge < -0.3 is 10.0 Å². The standard InChI is InChI=1S/C40H55N3O3/c1-2-3-4-5-6-7-8-9-10-11-12-13-14-15-16-20-30-42-31-22-24-34-32-33(28-29-37(34)42)23-21-27-36-38(40(45)46)41-43(39(36)44)35-25-18-17-19-26-35/h17-19,21,23,25-29,32H,2-16,20,22,24,30-31H2,1H3,(H,45,46)/b23-21+,36-27-. The number of hydrogen-bond acceptors (Lipinski definition) is 4. The highest BCUT2D eigenvalue weighted by atomic mass is 16.4. The maximum atomic E-state index is 13.0. The van der Waals surface area contributed by atoms with Crippen molar-refractivity contribution >= 4 is 35.0 Å². The van der Waals surface area contributed by atoms with Crippen LogP contribution in [0.3, 0.4) is 0 Å². The van der Waals surface area contributed by atoms with Crippen LogP contribution in [0.15, 0.2) is 71.4 Å². The second-order valence-corrected chi connectivity index (χ2v) is 12.9. The lowest BCUT2D eigenvalue weighted by atomic mass is 9.98. The van der Waals surface area contributed by atoms with E-state index in [1.807, 2.05) is 12.1 Å². The van der Waals surface area contributed by atoms with Gasteiger partial charge in [0, 0.05) is 18.8 Å². The van der Waals surface area contributed by atoms with Gasteiger partial charge in [0.25, 0.3) is 5.91 Å². The Morgan fingerprint density at radius 2 is 1.43 bits per heavy atom. The molecule has 0 spiro atoms. The lowest BCUT2D eigenvalue weighted by Crippen LogP contribution is -2.30. The quantitative estimate of drug-likeness (QED) is 0.111. The molecule has 0 fully saturated rings. The van der Waals surface area contributed by atoms with Crippen molar-refractivity contribution in [2.45, 2.75) is 122 Å². The maximum absolute atomic E-state index is 13.0. The zero-order valence-corrected chi connectivity index (χ0v) is 28.1. The van der Waals surface area contributed by atoms with E-state index in [0.29, 0.717) is 5.69 Å². The first-order valence-electron chi connectivity index (χ1n) is 18.1. The van der Waals surface area contributed by atoms with Crippen molar-refractivity contribution in [1.82, 2.24) is 0 Å². The summed E-state index contributed by atoms with van der Waals surface area (Å²) in [6, 6.07) is 15.4. The minimum Gasteiger partial charge on any atom is -0.476 e. The SMILES string of the molecule is CCCCCCCCCCCCCCCCCCN1CCCc2cc(/C=C/C=C3\C(=O)N(c4ccccc4)N=C3C(=O)O)ccc21. The van der Waals surface area contributed by atoms with Gasteiger partial charge in [-0.2, -0.15) is 10.1 Å². The fourth-order valence-electron chi connectivity index (χ4n) is 6.60. The van der Waals surface area contributed by atoms with Gasteiger partial charge in [-0.3, -0.25) is 4.79 Å². The first kappa shape index (κ1) is 35.2. The molecule has 0 saturated heterocycles. The number of unbranched alkanes of at least 4 members (excludes halogenated alkanes) is 15. The number of anilines is 2. The van der Waals surface area contributed by atoms with Crippen LogP contribution in [0.5, 0.6) is 0 Å². The van der Waals surface area contributed by atoms with Crippen molar-refractivity contribution in [3.63, 3.8) is 0 Å². The van der Waals surface area contributed by atoms with Crippen LogP contribution < -0.4 is 9.91 Å². The fourth-order valence-corrected chi connectivity index (χ4v) is 6.60. The largest absolute Gasteiger partial charge is 0.476 e. The molecule has 2 aliphatic heterocycles. The number of nitrogens with zero attached hydrogens (tertiary/aromatic N) is 3. The molecule has 0 bridgehead atoms. The molecule has 46 heavy (non-hydrogen) atoms. The minimum absolute atomic E-state index is 0.0792. The van der Waals surface area contributed by atoms with Crippen LogP contribution >= 0.6 is 0 Å². The van der Waals surface area contributed by atoms with Crippen LogP contribution in [-0.2, 0) is 16.0 Å². The summed E-state index contributed by atoms with van der Waals surface area (Å²) in [6.07, 6.45) is 29.7. The van der Waals surface area contributed by atoms with E-state index in [0.717, 1.165) is 36.5 Å². The Kier molecular flexibility index (Phi) is 15.1. The number of benzene rings is 2. The second-order valence-electron chi connectivity index (χ2n) is 12.9. The Bertz CT molecular complexity index is 1330. The number of carboxylic acids is 1. The van der Waals surface area contributed by atoms with E-state index < -0.39 is 11.9 Å². The Morgan fingerprint density at radius 3 is 2.04 bits per heavy atom. The first-order valence-corrected chi connectivity index (χ1v) is 18.1. The molecule has 0 saturated carbocycles. The average molecular weight is 626 g/mol. The number of amides is 1. The molecule has 1 N–H and O–H groups in total. The summed E-state index contributed by atoms with van der Waals surface area (Å²) in [4.78, 5) is 27.3. The molecule has 248 valence electrons. The molecule has 6 heteroatoms. The first-order chi connectivity index (χ1) is 22.6. The summed E-state index contributed by atoms with van der Waals surface area (Å²) in [5.41, 5.74) is 4.12. The summed E-state index contributed by atoms with van der Waals surface area (Å²) in [7, 11) is 0. The summed E-state index contributed by atoms with van der Waals surface area (Å²) in [6.45, 7) is 4.52. The second kappa shape index (κ2) is 19.8. The van der Waals surface area contributed by atoms with E-state index in [4.69, 9.17) is 0 Å². The van der Waals surface area contributed by atoms with Gasteiger partial charge in [-0.15, -0.1) is 0 Å². The molecule has 0 radical (unpaired) electrons. The van der Waals surface area contributed by atoms with E-state index >= 15 is 0 Å². The molecule has 0 aromatic heterocycles. The van der Waals surface area contributed by atoms with Crippen molar-refractivity contribution in [3.05, 3.63) is 77.4 Å². The van der Waals surface area contributed by atoms with Crippen LogP contribution in [0, 0.1) is 0 Å². The fraction of sp³-hybridized carbons (Fsp3) is 0.525. The average Bonchev–Trinajstić information content (AvgIpc) is 3.40. The number of hydrogen-bond donors (Lipinski definition) is 1. The highest BCUT2D eigenvalue weighted by Gasteiger charge is 2.34. The number of carboxylic acid groups (broad SMARTS) is 1. The van der Waals surface area contributed by atoms with Crippen molar-refractivity contribution in [2.75, 3.05) is 23.0 Å². The minimum atomic E-state index is -1.22. The van der Waals surface area contributed by atoms with Gasteiger partial charge in [-0.05, 0) is 60.7 Å². The number of rotatable bonds is 21. The summed E-state index contributed by atoms with van der Waals surface area (Å²) >= 11 is 0. The zero-order valence-electron chi connectivity index (χ0n) is 28.1. The number of aryl methyl sites for hydroxylation is 1. The molecule has 2 aromatic carbocycles. The van der Waals surface area contributed by atoms with Crippen LogP contribution in [0.25, 0.3) is 6.08 Å². The predicted molar refractivity (Wildman–Crippen MR) is 193 cm³/mol. The van der Waals surface area contributed by atoms with Crippen molar-refractivity contribution in [3.8, 4) is 0 Å². The molecule has 1 amide bonds. The lowest BCUT2D eigenvalue weighted by molar-refractivity contribution is -0.129. The molecule has 6 nitrogen and oxygen atoms in total. The van der Waals surface area contributed by atoms with E-state index in [1.165, 1.54) is 114 Å². The summed E-state index contributed by atoms with van der Waals surface area (Å²) < 4.78 is 0. The molecule has 0 atom stereocenters. The van der Waals surface area contributed by atoms with Gasteiger partial charge in [0.2, 0.25) is 0 Å². The number of allylic oxidation sites excluding steroid dienone is 2. The molecule has 2 aromatic rings. The number of carbonyl (C=O) groups excluding carboxylic acids is 1. The topological polar surface area (TPSA) is 73.2 Å². The van der Waals surface area contributed by atoms with Crippen LogP contribution in [0.4, 0.5) is 11.4 Å². The Morgan fingerprint density at radius 1 is 0.826 bits per heavy atom. The van der Waals surface area contributed by atoms with E-state index in [-0.39, 0.29) is 11.3 Å². The molecule has 4 rings (SSSR count). The van der Waals surface area contributed by atoms with Gasteiger partial charge in [-0.1, -0.05) is 140 Å². The van der Waals surface area contributed by atoms with Crippen LogP contribution in [-0.4, -0.2) is 35.8 Å². The number of carbonyl (C=O) groups is 2. The van der Waals surface area contributed by atoms with Gasteiger partial charge in [0.05, 0.1) is 11.3 Å². The molecular weight excluding hydrogens is 570 g/mol. The zero-order chi connectivity index (χ0) is 32.4. The van der Waals surface area contributed by atoms with E-state index in [9.17, 15) is 14.7 Å². The Hall–Kier alpha value is -3.67. The monoisotopic (exact) mass is 625 g/mol. The summed E-state index contributed by atoms with van der Waals surface area (Å²) in [5, 5.41) is 14.9. The molecule has 0 unspecified atom stereocenters. The van der Waals surface area contributed by atoms with Gasteiger partial charge >= 0.3 is 5.97 Å². The number of para-hydroxylation sites is 1. The normalized spacial score (nSPS) is 15.6. The van der Waals surface area contributed by atoms with Gasteiger partial charge in [0.15, 0.2) is 5.71 Å². The highest BCUT2D eigenvalue weighted by molar-refractivity contribution is 6.52. The molecule has 2 aliphatic rings. The predicted octanol–water partition coefficient (Wildman–Crippen LogP) is 10.1. The van der Waals surface area contributed by atoms with Crippen molar-refractivity contribution < 1.29 is 14.7 Å². The highest BCUT2D eigenvalue weighted by Crippen LogP contribution is 2.29. The summed E-state index contributed by atoms with van der Waals surface area (Å²) in [5.74, 6) is -1.66. The third kappa shape index (κ3) is 11.0. The Balaban J connectivity index is 1.15. The van der Waals surface area contributed by atoms with Crippen LogP contribution in [0.2, 0.25) is 0 Å². The van der Waals surface area contributed by atoms with E-state index in [2.05, 4.69) is 35.1 Å². The maximum Gasteiger partial charge on any atom is 0.357 e. The van der Waals surface area contributed by atoms with Crippen molar-refractivity contribution in [2.24, 2.45) is 5.10 Å². The van der Waals surface area contributed by atoms with Gasteiger partial charge in [-0.25, -0.2) is 4.79 Å². The third-order valence-corrected chi connectivity index (χ3v) is 9.23. The Labute approximate surface area is 277 Å². The van der Waals surface area contributed by atoms with Gasteiger partial charge in [0.1, 0.15) is 0 Å². The smallest absolute Gasteiger partial charge is 0.357 e. The molecule has 0 aliphatic carbocycles. The van der Waals surface area contributed by atoms with Crippen LogP contribution in [0.1, 0.15) is 127 Å².